The predicted octanol–water partition coefficient (Wildman–Crippen LogP) is 0.764. The molecule has 0 unspecified atom stereocenters. The molecule has 0 aliphatic rings. The second-order valence-corrected chi connectivity index (χ2v) is 3.59. The molecule has 0 fully saturated rings. The molecular formula is C6H5N5O2S. The summed E-state index contributed by atoms with van der Waals surface area (Å²) >= 11 is 1.14. The van der Waals surface area contributed by atoms with Gasteiger partial charge in [-0.1, -0.05) is 11.3 Å². The first kappa shape index (κ1) is 8.63. The van der Waals surface area contributed by atoms with Crippen LogP contribution in [0.4, 0.5) is 16.6 Å². The number of anilines is 2. The number of thiazole rings is 1. The van der Waals surface area contributed by atoms with Gasteiger partial charge in [-0.15, -0.1) is 0 Å². The van der Waals surface area contributed by atoms with E-state index in [9.17, 15) is 10.1 Å². The van der Waals surface area contributed by atoms with E-state index in [4.69, 9.17) is 11.5 Å². The zero-order chi connectivity index (χ0) is 10.3. The Bertz CT molecular complexity index is 522. The predicted molar refractivity (Wildman–Crippen MR) is 52.9 cm³/mol. The lowest BCUT2D eigenvalue weighted by Crippen LogP contribution is -1.98. The van der Waals surface area contributed by atoms with Crippen LogP contribution in [0.3, 0.4) is 0 Å². The van der Waals surface area contributed by atoms with Crippen LogP contribution in [0.25, 0.3) is 10.3 Å². The molecule has 0 radical (unpaired) electrons. The maximum atomic E-state index is 10.5. The monoisotopic (exact) mass is 211 g/mol. The van der Waals surface area contributed by atoms with Gasteiger partial charge < -0.3 is 11.5 Å². The molecule has 2 rings (SSSR count). The zero-order valence-electron chi connectivity index (χ0n) is 6.80. The first-order valence-corrected chi connectivity index (χ1v) is 4.36. The maximum absolute atomic E-state index is 10.5. The van der Waals surface area contributed by atoms with E-state index < -0.39 is 4.92 Å². The number of rotatable bonds is 1. The van der Waals surface area contributed by atoms with Crippen LogP contribution in [0.1, 0.15) is 0 Å². The van der Waals surface area contributed by atoms with E-state index >= 15 is 0 Å². The first-order chi connectivity index (χ1) is 6.58. The Hall–Kier alpha value is -1.96. The highest BCUT2D eigenvalue weighted by molar-refractivity contribution is 7.22. The minimum Gasteiger partial charge on any atom is -0.378 e. The Morgan fingerprint density at radius 2 is 2.14 bits per heavy atom. The number of hydrogen-bond acceptors (Lipinski definition) is 7. The van der Waals surface area contributed by atoms with Crippen LogP contribution >= 0.6 is 11.3 Å². The van der Waals surface area contributed by atoms with Crippen molar-refractivity contribution in [2.24, 2.45) is 0 Å². The molecule has 2 aromatic rings. The second-order valence-electron chi connectivity index (χ2n) is 2.52. The van der Waals surface area contributed by atoms with Gasteiger partial charge in [0, 0.05) is 6.07 Å². The summed E-state index contributed by atoms with van der Waals surface area (Å²) in [5.41, 5.74) is 10.9. The van der Waals surface area contributed by atoms with Gasteiger partial charge in [-0.25, -0.2) is 9.97 Å². The van der Waals surface area contributed by atoms with Crippen LogP contribution in [0.15, 0.2) is 6.07 Å². The van der Waals surface area contributed by atoms with E-state index in [-0.39, 0.29) is 11.5 Å². The fraction of sp³-hybridized carbons (Fsp3) is 0. The van der Waals surface area contributed by atoms with Gasteiger partial charge >= 0.3 is 5.69 Å². The molecule has 0 aromatic carbocycles. The summed E-state index contributed by atoms with van der Waals surface area (Å²) in [5.74, 6) is -0.146. The molecule has 2 heterocycles. The molecule has 2 aromatic heterocycles. The molecule has 0 aliphatic carbocycles. The Balaban J connectivity index is 2.76. The SMILES string of the molecule is Nc1nc2nc(N)c([N+](=O)[O-])cc2s1. The molecule has 0 spiro atoms. The molecule has 72 valence electrons. The van der Waals surface area contributed by atoms with Crippen LogP contribution in [0.5, 0.6) is 0 Å². The summed E-state index contributed by atoms with van der Waals surface area (Å²) in [6.45, 7) is 0. The highest BCUT2D eigenvalue weighted by atomic mass is 32.1. The number of nitrogens with two attached hydrogens (primary N) is 2. The van der Waals surface area contributed by atoms with Crippen molar-refractivity contribution in [1.29, 1.82) is 0 Å². The number of fused-ring (bicyclic) bond motifs is 1. The van der Waals surface area contributed by atoms with Crippen molar-refractivity contribution < 1.29 is 4.92 Å². The van der Waals surface area contributed by atoms with E-state index in [0.717, 1.165) is 11.3 Å². The van der Waals surface area contributed by atoms with Gasteiger partial charge in [0.15, 0.2) is 10.8 Å². The van der Waals surface area contributed by atoms with E-state index in [1.165, 1.54) is 6.07 Å². The zero-order valence-corrected chi connectivity index (χ0v) is 7.61. The Labute approximate surface area is 81.5 Å². The average Bonchev–Trinajstić information content (AvgIpc) is 2.42. The Kier molecular flexibility index (Phi) is 1.71. The highest BCUT2D eigenvalue weighted by Gasteiger charge is 2.16. The lowest BCUT2D eigenvalue weighted by molar-refractivity contribution is -0.384. The minimum absolute atomic E-state index is 0.146. The lowest BCUT2D eigenvalue weighted by Gasteiger charge is -1.94. The molecule has 8 heteroatoms. The van der Waals surface area contributed by atoms with E-state index in [1.54, 1.807) is 0 Å². The van der Waals surface area contributed by atoms with Crippen LogP contribution in [-0.2, 0) is 0 Å². The molecule has 0 saturated heterocycles. The van der Waals surface area contributed by atoms with Crippen molar-refractivity contribution in [1.82, 2.24) is 9.97 Å². The minimum atomic E-state index is -0.586. The second kappa shape index (κ2) is 2.77. The largest absolute Gasteiger partial charge is 0.378 e. The smallest absolute Gasteiger partial charge is 0.312 e. The Morgan fingerprint density at radius 1 is 1.43 bits per heavy atom. The van der Waals surface area contributed by atoms with Gasteiger partial charge in [0.25, 0.3) is 0 Å². The van der Waals surface area contributed by atoms with E-state index in [1.807, 2.05) is 0 Å². The van der Waals surface area contributed by atoms with Gasteiger partial charge in [0.1, 0.15) is 0 Å². The average molecular weight is 211 g/mol. The van der Waals surface area contributed by atoms with Crippen molar-refractivity contribution in [3.63, 3.8) is 0 Å². The molecule has 0 atom stereocenters. The van der Waals surface area contributed by atoms with Crippen LogP contribution < -0.4 is 11.5 Å². The number of nitro groups is 1. The molecule has 14 heavy (non-hydrogen) atoms. The number of pyridine rings is 1. The maximum Gasteiger partial charge on any atom is 0.312 e. The van der Waals surface area contributed by atoms with Crippen molar-refractivity contribution >= 4 is 38.3 Å². The number of nitrogen functional groups attached to an aromatic ring is 2. The third kappa shape index (κ3) is 1.21. The lowest BCUT2D eigenvalue weighted by atomic mass is 10.4. The van der Waals surface area contributed by atoms with E-state index in [2.05, 4.69) is 9.97 Å². The molecule has 0 aliphatic heterocycles. The normalized spacial score (nSPS) is 10.6. The molecule has 0 bridgehead atoms. The fourth-order valence-electron chi connectivity index (χ4n) is 1.03. The summed E-state index contributed by atoms with van der Waals surface area (Å²) in [6.07, 6.45) is 0. The summed E-state index contributed by atoms with van der Waals surface area (Å²) in [4.78, 5) is 17.6. The van der Waals surface area contributed by atoms with Crippen molar-refractivity contribution in [2.75, 3.05) is 11.5 Å². The quantitative estimate of drug-likeness (QED) is 0.530. The number of aromatic nitrogens is 2. The van der Waals surface area contributed by atoms with E-state index in [0.29, 0.717) is 15.5 Å². The van der Waals surface area contributed by atoms with Gasteiger partial charge in [-0.2, -0.15) is 0 Å². The number of nitrogens with zero attached hydrogens (tertiary/aromatic N) is 3. The third-order valence-electron chi connectivity index (χ3n) is 1.60. The number of hydrogen-bond donors (Lipinski definition) is 2. The molecular weight excluding hydrogens is 206 g/mol. The first-order valence-electron chi connectivity index (χ1n) is 3.55. The molecule has 4 N–H and O–H groups in total. The molecule has 0 saturated carbocycles. The summed E-state index contributed by atoms with van der Waals surface area (Å²) < 4.78 is 0.559. The van der Waals surface area contributed by atoms with Crippen LogP contribution in [0.2, 0.25) is 0 Å². The summed E-state index contributed by atoms with van der Waals surface area (Å²) in [6, 6.07) is 1.33. The third-order valence-corrected chi connectivity index (χ3v) is 2.43. The van der Waals surface area contributed by atoms with Crippen molar-refractivity contribution in [3.05, 3.63) is 16.2 Å². The van der Waals surface area contributed by atoms with Gasteiger partial charge in [-0.05, 0) is 0 Å². The molecule has 7 nitrogen and oxygen atoms in total. The Morgan fingerprint density at radius 3 is 2.79 bits per heavy atom. The standard InChI is InChI=1S/C6H5N5O2S/c7-4-2(11(12)13)1-3-5(9-4)10-6(8)14-3/h1H,(H4,7,8,9,10). The van der Waals surface area contributed by atoms with Crippen molar-refractivity contribution in [3.8, 4) is 0 Å². The van der Waals surface area contributed by atoms with Gasteiger partial charge in [0.2, 0.25) is 5.82 Å². The fourth-order valence-corrected chi connectivity index (χ4v) is 1.74. The van der Waals surface area contributed by atoms with Crippen LogP contribution in [-0.4, -0.2) is 14.9 Å². The van der Waals surface area contributed by atoms with Gasteiger partial charge in [-0.3, -0.25) is 10.1 Å². The molecule has 0 amide bonds. The summed E-state index contributed by atoms with van der Waals surface area (Å²) in [5, 5.41) is 10.8. The summed E-state index contributed by atoms with van der Waals surface area (Å²) in [7, 11) is 0. The topological polar surface area (TPSA) is 121 Å². The van der Waals surface area contributed by atoms with Crippen LogP contribution in [0, 0.1) is 10.1 Å². The van der Waals surface area contributed by atoms with Crippen molar-refractivity contribution in [2.45, 2.75) is 0 Å². The highest BCUT2D eigenvalue weighted by Crippen LogP contribution is 2.29. The van der Waals surface area contributed by atoms with Gasteiger partial charge in [0.05, 0.1) is 9.62 Å².